The molecule has 4 nitrogen and oxygen atoms in total. The van der Waals surface area contributed by atoms with E-state index in [9.17, 15) is 13.2 Å². The van der Waals surface area contributed by atoms with Gasteiger partial charge in [-0.25, -0.2) is 0 Å². The molecule has 1 aromatic heterocycles. The van der Waals surface area contributed by atoms with E-state index in [0.29, 0.717) is 11.3 Å². The third-order valence-corrected chi connectivity index (χ3v) is 3.63. The van der Waals surface area contributed by atoms with Crippen LogP contribution in [-0.2, 0) is 6.18 Å². The first-order valence-corrected chi connectivity index (χ1v) is 6.53. The Morgan fingerprint density at radius 1 is 1.28 bits per heavy atom. The number of halogens is 3. The van der Waals surface area contributed by atoms with E-state index in [-0.39, 0.29) is 24.3 Å². The normalized spacial score (nSPS) is 12.2. The molecule has 1 aromatic rings. The van der Waals surface area contributed by atoms with E-state index in [1.54, 1.807) is 4.90 Å². The number of aliphatic hydroxyl groups excluding tert-OH is 1. The fourth-order valence-electron chi connectivity index (χ4n) is 1.72. The molecular formula is C10H16F3N3OS. The van der Waals surface area contributed by atoms with E-state index in [2.05, 4.69) is 10.2 Å². The summed E-state index contributed by atoms with van der Waals surface area (Å²) in [5, 5.41) is 15.0. The summed E-state index contributed by atoms with van der Waals surface area (Å²) in [5.41, 5.74) is 0. The lowest BCUT2D eigenvalue weighted by atomic mass is 10.1. The predicted octanol–water partition coefficient (Wildman–Crippen LogP) is 2.54. The average Bonchev–Trinajstić information content (AvgIpc) is 2.78. The molecule has 0 unspecified atom stereocenters. The van der Waals surface area contributed by atoms with Crippen molar-refractivity contribution in [2.24, 2.45) is 0 Å². The topological polar surface area (TPSA) is 49.2 Å². The Kier molecular flexibility index (Phi) is 5.33. The molecule has 0 bridgehead atoms. The number of aliphatic hydroxyl groups is 1. The number of hydrogen-bond donors (Lipinski definition) is 1. The molecule has 1 N–H and O–H groups in total. The molecule has 0 amide bonds. The maximum atomic E-state index is 12.5. The molecule has 0 aliphatic carbocycles. The van der Waals surface area contributed by atoms with Crippen LogP contribution in [-0.4, -0.2) is 34.5 Å². The van der Waals surface area contributed by atoms with Crippen LogP contribution in [0.5, 0.6) is 0 Å². The summed E-state index contributed by atoms with van der Waals surface area (Å²) in [6, 6.07) is 0.0613. The largest absolute Gasteiger partial charge is 0.445 e. The predicted molar refractivity (Wildman–Crippen MR) is 63.7 cm³/mol. The maximum absolute atomic E-state index is 12.5. The summed E-state index contributed by atoms with van der Waals surface area (Å²) in [6.45, 7) is 4.03. The van der Waals surface area contributed by atoms with Gasteiger partial charge in [0.2, 0.25) is 10.1 Å². The van der Waals surface area contributed by atoms with Crippen LogP contribution < -0.4 is 4.90 Å². The fraction of sp³-hybridized carbons (Fsp3) is 0.800. The van der Waals surface area contributed by atoms with Gasteiger partial charge >= 0.3 is 6.18 Å². The molecule has 0 aromatic carbocycles. The van der Waals surface area contributed by atoms with Gasteiger partial charge in [0.05, 0.1) is 6.61 Å². The number of hydrogen-bond acceptors (Lipinski definition) is 5. The minimum absolute atomic E-state index is 0.0613. The van der Waals surface area contributed by atoms with Gasteiger partial charge in [-0.05, 0) is 12.8 Å². The molecule has 0 spiro atoms. The Hall–Kier alpha value is -0.890. The molecule has 18 heavy (non-hydrogen) atoms. The number of nitrogens with zero attached hydrogens (tertiary/aromatic N) is 3. The van der Waals surface area contributed by atoms with Crippen molar-refractivity contribution in [3.8, 4) is 0 Å². The van der Waals surface area contributed by atoms with Gasteiger partial charge in [-0.15, -0.1) is 10.2 Å². The van der Waals surface area contributed by atoms with Crippen LogP contribution in [0.3, 0.4) is 0 Å². The second-order valence-electron chi connectivity index (χ2n) is 3.77. The Morgan fingerprint density at radius 2 is 1.89 bits per heavy atom. The average molecular weight is 283 g/mol. The first-order chi connectivity index (χ1) is 8.43. The first kappa shape index (κ1) is 15.2. The van der Waals surface area contributed by atoms with Gasteiger partial charge in [-0.3, -0.25) is 0 Å². The number of aromatic nitrogens is 2. The van der Waals surface area contributed by atoms with Crippen molar-refractivity contribution in [2.45, 2.75) is 38.9 Å². The first-order valence-electron chi connectivity index (χ1n) is 5.72. The highest BCUT2D eigenvalue weighted by molar-refractivity contribution is 7.15. The van der Waals surface area contributed by atoms with Crippen molar-refractivity contribution in [1.82, 2.24) is 10.2 Å². The second kappa shape index (κ2) is 6.33. The second-order valence-corrected chi connectivity index (χ2v) is 4.73. The van der Waals surface area contributed by atoms with Crippen molar-refractivity contribution in [3.63, 3.8) is 0 Å². The van der Waals surface area contributed by atoms with Gasteiger partial charge in [-0.1, -0.05) is 25.2 Å². The highest BCUT2D eigenvalue weighted by Gasteiger charge is 2.36. The third-order valence-electron chi connectivity index (χ3n) is 2.63. The van der Waals surface area contributed by atoms with E-state index in [1.807, 2.05) is 13.8 Å². The van der Waals surface area contributed by atoms with Crippen molar-refractivity contribution < 1.29 is 18.3 Å². The van der Waals surface area contributed by atoms with Gasteiger partial charge in [0.15, 0.2) is 0 Å². The Morgan fingerprint density at radius 3 is 2.28 bits per heavy atom. The maximum Gasteiger partial charge on any atom is 0.445 e. The molecule has 0 aliphatic heterocycles. The highest BCUT2D eigenvalue weighted by atomic mass is 32.1. The van der Waals surface area contributed by atoms with E-state index < -0.39 is 11.2 Å². The minimum Gasteiger partial charge on any atom is -0.395 e. The molecular weight excluding hydrogens is 267 g/mol. The summed E-state index contributed by atoms with van der Waals surface area (Å²) < 4.78 is 37.4. The van der Waals surface area contributed by atoms with Crippen molar-refractivity contribution in [2.75, 3.05) is 18.1 Å². The minimum atomic E-state index is -4.46. The lowest BCUT2D eigenvalue weighted by molar-refractivity contribution is -0.138. The summed E-state index contributed by atoms with van der Waals surface area (Å²) in [4.78, 5) is 1.69. The van der Waals surface area contributed by atoms with E-state index in [0.717, 1.165) is 12.8 Å². The van der Waals surface area contributed by atoms with Crippen LogP contribution >= 0.6 is 11.3 Å². The summed E-state index contributed by atoms with van der Waals surface area (Å²) >= 11 is 0.515. The van der Waals surface area contributed by atoms with Gasteiger partial charge in [0.25, 0.3) is 0 Å². The van der Waals surface area contributed by atoms with Gasteiger partial charge < -0.3 is 10.0 Å². The molecule has 0 radical (unpaired) electrons. The SMILES string of the molecule is CCC(CC)N(CCO)c1nnc(C(F)(F)F)s1. The number of anilines is 1. The van der Waals surface area contributed by atoms with E-state index >= 15 is 0 Å². The molecule has 0 aliphatic rings. The summed E-state index contributed by atoms with van der Waals surface area (Å²) in [7, 11) is 0. The summed E-state index contributed by atoms with van der Waals surface area (Å²) in [6.07, 6.45) is -2.91. The fourth-order valence-corrected chi connectivity index (χ4v) is 2.53. The molecule has 104 valence electrons. The zero-order valence-electron chi connectivity index (χ0n) is 10.2. The third kappa shape index (κ3) is 3.55. The molecule has 8 heteroatoms. The van der Waals surface area contributed by atoms with Crippen LogP contribution in [0.2, 0.25) is 0 Å². The van der Waals surface area contributed by atoms with Crippen LogP contribution in [0.15, 0.2) is 0 Å². The lowest BCUT2D eigenvalue weighted by Gasteiger charge is -2.28. The van der Waals surface area contributed by atoms with Crippen molar-refractivity contribution >= 4 is 16.5 Å². The van der Waals surface area contributed by atoms with Crippen LogP contribution in [0.4, 0.5) is 18.3 Å². The van der Waals surface area contributed by atoms with Gasteiger partial charge in [0, 0.05) is 12.6 Å². The highest BCUT2D eigenvalue weighted by Crippen LogP contribution is 2.35. The van der Waals surface area contributed by atoms with Crippen LogP contribution in [0, 0.1) is 0 Å². The Labute approximate surface area is 107 Å². The monoisotopic (exact) mass is 283 g/mol. The molecule has 0 atom stereocenters. The van der Waals surface area contributed by atoms with Crippen LogP contribution in [0.25, 0.3) is 0 Å². The Balaban J connectivity index is 2.95. The Bertz CT molecular complexity index is 365. The molecule has 0 saturated heterocycles. The van der Waals surface area contributed by atoms with Gasteiger partial charge in [0.1, 0.15) is 0 Å². The quantitative estimate of drug-likeness (QED) is 0.871. The van der Waals surface area contributed by atoms with Crippen molar-refractivity contribution in [1.29, 1.82) is 0 Å². The van der Waals surface area contributed by atoms with Gasteiger partial charge in [-0.2, -0.15) is 13.2 Å². The molecule has 0 saturated carbocycles. The van der Waals surface area contributed by atoms with Crippen LogP contribution in [0.1, 0.15) is 31.7 Å². The summed E-state index contributed by atoms with van der Waals surface area (Å²) in [5.74, 6) is 0. The number of rotatable bonds is 6. The molecule has 1 heterocycles. The zero-order valence-corrected chi connectivity index (χ0v) is 11.1. The molecule has 1 rings (SSSR count). The zero-order chi connectivity index (χ0) is 13.8. The molecule has 0 fully saturated rings. The van der Waals surface area contributed by atoms with Crippen molar-refractivity contribution in [3.05, 3.63) is 5.01 Å². The van der Waals surface area contributed by atoms with E-state index in [1.165, 1.54) is 0 Å². The smallest absolute Gasteiger partial charge is 0.395 e. The standard InChI is InChI=1S/C10H16F3N3OS/c1-3-7(4-2)16(5-6-17)9-15-14-8(18-9)10(11,12)13/h7,17H,3-6H2,1-2H3. The lowest BCUT2D eigenvalue weighted by Crippen LogP contribution is -2.36. The number of alkyl halides is 3. The van der Waals surface area contributed by atoms with E-state index in [4.69, 9.17) is 5.11 Å².